The predicted molar refractivity (Wildman–Crippen MR) is 120 cm³/mol. The number of aromatic hydroxyl groups is 1. The molecule has 3 aromatic heterocycles. The molecular formula is C23H19F3N6O4. The lowest BCUT2D eigenvalue weighted by molar-refractivity contribution is -0.141. The minimum absolute atomic E-state index is 0.0148. The maximum Gasteiger partial charge on any atom is 0.435 e. The number of alkyl halides is 3. The number of nitrogens with one attached hydrogen (secondary N) is 1. The number of phenolic OH excluding ortho intramolecular Hbond substituents is 1. The number of carbonyl (C=O) groups excluding carboxylic acids is 1. The summed E-state index contributed by atoms with van der Waals surface area (Å²) in [5.41, 5.74) is -0.780. The zero-order valence-corrected chi connectivity index (χ0v) is 18.7. The second kappa shape index (κ2) is 9.59. The fourth-order valence-corrected chi connectivity index (χ4v) is 3.62. The van der Waals surface area contributed by atoms with Crippen molar-refractivity contribution < 1.29 is 32.9 Å². The van der Waals surface area contributed by atoms with Gasteiger partial charge in [-0.3, -0.25) is 13.9 Å². The Balaban J connectivity index is 1.72. The van der Waals surface area contributed by atoms with Gasteiger partial charge in [-0.25, -0.2) is 9.97 Å². The molecule has 0 radical (unpaired) electrons. The van der Waals surface area contributed by atoms with Crippen LogP contribution >= 0.6 is 0 Å². The number of aliphatic hydroxyl groups excluding tert-OH is 1. The summed E-state index contributed by atoms with van der Waals surface area (Å²) in [5.74, 6) is 1.42. The van der Waals surface area contributed by atoms with E-state index in [1.807, 2.05) is 0 Å². The molecule has 1 aromatic carbocycles. The van der Waals surface area contributed by atoms with Crippen LogP contribution in [-0.4, -0.2) is 53.4 Å². The number of aliphatic hydroxyl groups is 1. The van der Waals surface area contributed by atoms with E-state index < -0.39 is 17.8 Å². The van der Waals surface area contributed by atoms with Crippen LogP contribution in [0.1, 0.15) is 21.6 Å². The van der Waals surface area contributed by atoms with Crippen molar-refractivity contribution in [3.05, 3.63) is 53.7 Å². The number of benzene rings is 1. The number of amides is 1. The average Bonchev–Trinajstić information content (AvgIpc) is 3.42. The first-order chi connectivity index (χ1) is 17.1. The minimum atomic E-state index is -4.74. The van der Waals surface area contributed by atoms with Crippen LogP contribution < -0.4 is 10.1 Å². The first-order valence-electron chi connectivity index (χ1n) is 10.4. The number of terminal acetylenes is 1. The topological polar surface area (TPSA) is 127 Å². The highest BCUT2D eigenvalue weighted by atomic mass is 19.4. The molecule has 4 aromatic rings. The van der Waals surface area contributed by atoms with Gasteiger partial charge in [-0.1, -0.05) is 5.92 Å². The standard InChI is InChI=1S/C23H19F3N6O4/c1-3-4-27-21(35)18-13(2)9-14(10-17(18)34)36-22-20-29-11-16(32(20)6-5-28-22)15-12-31(7-8-33)30-19(15)23(24,25)26/h1,5-6,9-12,33-34H,4,7-8H2,2H3,(H,27,35). The molecule has 0 aliphatic carbocycles. The van der Waals surface area contributed by atoms with Crippen molar-refractivity contribution >= 4 is 11.6 Å². The number of aromatic nitrogens is 5. The van der Waals surface area contributed by atoms with Crippen LogP contribution in [0, 0.1) is 19.3 Å². The Morgan fingerprint density at radius 2 is 2.08 bits per heavy atom. The maximum absolute atomic E-state index is 13.6. The van der Waals surface area contributed by atoms with Gasteiger partial charge in [0.05, 0.1) is 42.7 Å². The van der Waals surface area contributed by atoms with E-state index in [1.165, 1.54) is 41.3 Å². The molecule has 10 nitrogen and oxygen atoms in total. The number of ether oxygens (including phenoxy) is 1. The van der Waals surface area contributed by atoms with Crippen molar-refractivity contribution in [2.75, 3.05) is 13.2 Å². The summed E-state index contributed by atoms with van der Waals surface area (Å²) < 4.78 is 49.0. The van der Waals surface area contributed by atoms with Gasteiger partial charge in [-0.2, -0.15) is 18.3 Å². The molecule has 1 amide bonds. The SMILES string of the molecule is C#CCNC(=O)c1c(C)cc(Oc2nccn3c(-c4cn(CCO)nc4C(F)(F)F)cnc23)cc1O. The molecule has 186 valence electrons. The first-order valence-corrected chi connectivity index (χ1v) is 10.4. The quantitative estimate of drug-likeness (QED) is 0.333. The fourth-order valence-electron chi connectivity index (χ4n) is 3.62. The van der Waals surface area contributed by atoms with Crippen LogP contribution in [0.25, 0.3) is 16.9 Å². The Kier molecular flexibility index (Phi) is 6.54. The van der Waals surface area contributed by atoms with Crippen molar-refractivity contribution in [1.29, 1.82) is 0 Å². The van der Waals surface area contributed by atoms with E-state index in [0.717, 1.165) is 4.68 Å². The zero-order chi connectivity index (χ0) is 26.0. The van der Waals surface area contributed by atoms with E-state index in [2.05, 4.69) is 26.3 Å². The highest BCUT2D eigenvalue weighted by Crippen LogP contribution is 2.37. The van der Waals surface area contributed by atoms with E-state index in [4.69, 9.17) is 16.3 Å². The van der Waals surface area contributed by atoms with Crippen LogP contribution in [0.5, 0.6) is 17.4 Å². The second-order valence-corrected chi connectivity index (χ2v) is 7.57. The number of hydrogen-bond acceptors (Lipinski definition) is 7. The summed E-state index contributed by atoms with van der Waals surface area (Å²) in [7, 11) is 0. The minimum Gasteiger partial charge on any atom is -0.507 e. The highest BCUT2D eigenvalue weighted by molar-refractivity contribution is 5.98. The van der Waals surface area contributed by atoms with Gasteiger partial charge >= 0.3 is 6.18 Å². The number of carbonyl (C=O) groups is 1. The Labute approximate surface area is 202 Å². The molecule has 4 rings (SSSR count). The number of phenols is 1. The van der Waals surface area contributed by atoms with E-state index in [1.54, 1.807) is 6.92 Å². The highest BCUT2D eigenvalue weighted by Gasteiger charge is 2.38. The van der Waals surface area contributed by atoms with Gasteiger partial charge in [-0.05, 0) is 18.6 Å². The molecule has 0 fully saturated rings. The molecule has 0 aliphatic rings. The smallest absolute Gasteiger partial charge is 0.435 e. The van der Waals surface area contributed by atoms with Gasteiger partial charge in [0.2, 0.25) is 5.65 Å². The number of halogens is 3. The summed E-state index contributed by atoms with van der Waals surface area (Å²) in [6.45, 7) is 1.07. The molecule has 13 heteroatoms. The lowest BCUT2D eigenvalue weighted by atomic mass is 10.1. The molecule has 0 aliphatic heterocycles. The summed E-state index contributed by atoms with van der Waals surface area (Å²) in [6, 6.07) is 2.69. The fraction of sp³-hybridized carbons (Fsp3) is 0.217. The number of hydrogen-bond donors (Lipinski definition) is 3. The summed E-state index contributed by atoms with van der Waals surface area (Å²) in [5, 5.41) is 25.5. The number of fused-ring (bicyclic) bond motifs is 1. The van der Waals surface area contributed by atoms with E-state index in [0.29, 0.717) is 5.56 Å². The van der Waals surface area contributed by atoms with Gasteiger partial charge < -0.3 is 20.3 Å². The molecule has 3 N–H and O–H groups in total. The van der Waals surface area contributed by atoms with Gasteiger partial charge in [0.1, 0.15) is 11.5 Å². The summed E-state index contributed by atoms with van der Waals surface area (Å²) in [4.78, 5) is 20.5. The van der Waals surface area contributed by atoms with Crippen LogP contribution in [0.4, 0.5) is 13.2 Å². The molecule has 36 heavy (non-hydrogen) atoms. The Morgan fingerprint density at radius 3 is 2.75 bits per heavy atom. The Hall–Kier alpha value is -4.57. The second-order valence-electron chi connectivity index (χ2n) is 7.57. The van der Waals surface area contributed by atoms with Gasteiger partial charge in [-0.15, -0.1) is 6.42 Å². The third kappa shape index (κ3) is 4.66. The largest absolute Gasteiger partial charge is 0.507 e. The van der Waals surface area contributed by atoms with Crippen LogP contribution in [0.2, 0.25) is 0 Å². The van der Waals surface area contributed by atoms with E-state index >= 15 is 0 Å². The lowest BCUT2D eigenvalue weighted by Gasteiger charge is -2.12. The number of nitrogens with zero attached hydrogens (tertiary/aromatic N) is 5. The third-order valence-corrected chi connectivity index (χ3v) is 5.11. The molecule has 0 spiro atoms. The molecule has 3 heterocycles. The normalized spacial score (nSPS) is 11.4. The number of rotatable bonds is 7. The molecule has 0 saturated heterocycles. The Bertz CT molecular complexity index is 1460. The van der Waals surface area contributed by atoms with Crippen molar-refractivity contribution in [3.63, 3.8) is 0 Å². The molecule has 0 unspecified atom stereocenters. The van der Waals surface area contributed by atoms with Gasteiger partial charge in [0.25, 0.3) is 11.8 Å². The maximum atomic E-state index is 13.6. The van der Waals surface area contributed by atoms with Gasteiger partial charge in [0, 0.05) is 24.7 Å². The third-order valence-electron chi connectivity index (χ3n) is 5.11. The lowest BCUT2D eigenvalue weighted by Crippen LogP contribution is -2.24. The summed E-state index contributed by atoms with van der Waals surface area (Å²) >= 11 is 0. The number of aryl methyl sites for hydroxylation is 1. The van der Waals surface area contributed by atoms with Crippen LogP contribution in [0.15, 0.2) is 36.9 Å². The monoisotopic (exact) mass is 500 g/mol. The summed E-state index contributed by atoms with van der Waals surface area (Å²) in [6.07, 6.45) is 5.52. The molecular weight excluding hydrogens is 481 g/mol. The van der Waals surface area contributed by atoms with Gasteiger partial charge in [0.15, 0.2) is 5.69 Å². The zero-order valence-electron chi connectivity index (χ0n) is 18.7. The van der Waals surface area contributed by atoms with Crippen LogP contribution in [-0.2, 0) is 12.7 Å². The Morgan fingerprint density at radius 1 is 1.31 bits per heavy atom. The molecule has 0 atom stereocenters. The number of imidazole rings is 1. The van der Waals surface area contributed by atoms with Crippen molar-refractivity contribution in [2.24, 2.45) is 0 Å². The van der Waals surface area contributed by atoms with Crippen molar-refractivity contribution in [1.82, 2.24) is 29.5 Å². The van der Waals surface area contributed by atoms with Crippen molar-refractivity contribution in [2.45, 2.75) is 19.6 Å². The van der Waals surface area contributed by atoms with Crippen LogP contribution in [0.3, 0.4) is 0 Å². The van der Waals surface area contributed by atoms with E-state index in [-0.39, 0.29) is 59.5 Å². The molecule has 0 saturated carbocycles. The predicted octanol–water partition coefficient (Wildman–Crippen LogP) is 2.77. The first kappa shape index (κ1) is 24.6. The van der Waals surface area contributed by atoms with Crippen molar-refractivity contribution in [3.8, 4) is 41.0 Å². The molecule has 0 bridgehead atoms. The average molecular weight is 500 g/mol. The van der Waals surface area contributed by atoms with E-state index in [9.17, 15) is 23.1 Å².